The zero-order valence-electron chi connectivity index (χ0n) is 12.9. The quantitative estimate of drug-likeness (QED) is 0.861. The molecule has 1 N–H and O–H groups in total. The van der Waals surface area contributed by atoms with E-state index < -0.39 is 9.84 Å². The van der Waals surface area contributed by atoms with Crippen LogP contribution in [0.15, 0.2) is 0 Å². The fourth-order valence-electron chi connectivity index (χ4n) is 2.99. The molecule has 120 valence electrons. The van der Waals surface area contributed by atoms with Crippen LogP contribution in [-0.2, 0) is 23.3 Å². The molecule has 1 aromatic heterocycles. The van der Waals surface area contributed by atoms with Gasteiger partial charge in [0.2, 0.25) is 0 Å². The molecule has 1 fully saturated rings. The Labute approximate surface area is 132 Å². The van der Waals surface area contributed by atoms with Crippen LogP contribution in [0.3, 0.4) is 0 Å². The number of aryl methyl sites for hydroxylation is 2. The minimum Gasteiger partial charge on any atom is -0.313 e. The van der Waals surface area contributed by atoms with Gasteiger partial charge in [0.25, 0.3) is 0 Å². The van der Waals surface area contributed by atoms with Crippen LogP contribution in [0.2, 0.25) is 5.02 Å². The van der Waals surface area contributed by atoms with Crippen LogP contribution >= 0.6 is 11.6 Å². The molecule has 0 radical (unpaired) electrons. The van der Waals surface area contributed by atoms with Gasteiger partial charge in [0.05, 0.1) is 27.9 Å². The van der Waals surface area contributed by atoms with E-state index in [0.717, 1.165) is 37.2 Å². The largest absolute Gasteiger partial charge is 0.313 e. The fraction of sp³-hybridized carbons (Fsp3) is 0.786. The number of rotatable bonds is 6. The molecule has 2 unspecified atom stereocenters. The molecule has 1 saturated heterocycles. The highest BCUT2D eigenvalue weighted by molar-refractivity contribution is 7.91. The lowest BCUT2D eigenvalue weighted by Crippen LogP contribution is -2.39. The third-order valence-corrected chi connectivity index (χ3v) is 6.45. The minimum absolute atomic E-state index is 0.134. The molecule has 1 aromatic rings. The summed E-state index contributed by atoms with van der Waals surface area (Å²) in [4.78, 5) is 0. The lowest BCUT2D eigenvalue weighted by atomic mass is 9.94. The zero-order chi connectivity index (χ0) is 15.6. The Balaban J connectivity index is 2.16. The lowest BCUT2D eigenvalue weighted by Gasteiger charge is -2.24. The zero-order valence-corrected chi connectivity index (χ0v) is 14.5. The summed E-state index contributed by atoms with van der Waals surface area (Å²) in [6.45, 7) is 4.88. The Bertz CT molecular complexity index is 598. The van der Waals surface area contributed by atoms with Gasteiger partial charge in [-0.25, -0.2) is 8.42 Å². The predicted octanol–water partition coefficient (Wildman–Crippen LogP) is 1.73. The first-order valence-electron chi connectivity index (χ1n) is 7.46. The number of hydrogen-bond acceptors (Lipinski definition) is 4. The van der Waals surface area contributed by atoms with Crippen molar-refractivity contribution in [3.8, 4) is 0 Å². The Morgan fingerprint density at radius 1 is 1.52 bits per heavy atom. The van der Waals surface area contributed by atoms with E-state index in [-0.39, 0.29) is 17.7 Å². The van der Waals surface area contributed by atoms with E-state index in [1.54, 1.807) is 0 Å². The van der Waals surface area contributed by atoms with Crippen LogP contribution in [0.5, 0.6) is 0 Å². The molecule has 2 atom stereocenters. The first-order chi connectivity index (χ1) is 9.84. The summed E-state index contributed by atoms with van der Waals surface area (Å²) < 4.78 is 25.3. The maximum atomic E-state index is 11.7. The van der Waals surface area contributed by atoms with Gasteiger partial charge in [-0.3, -0.25) is 4.68 Å². The predicted molar refractivity (Wildman–Crippen MR) is 85.5 cm³/mol. The standard InChI is InChI=1S/C14H24ClN3O2S/c1-4-6-16-12(11-5-7-21(19,20)9-11)8-13-14(15)10(2)17-18(13)3/h11-12,16H,4-9H2,1-3H3. The van der Waals surface area contributed by atoms with Crippen LogP contribution in [0.4, 0.5) is 0 Å². The topological polar surface area (TPSA) is 64.0 Å². The van der Waals surface area contributed by atoms with E-state index in [2.05, 4.69) is 17.3 Å². The van der Waals surface area contributed by atoms with Crippen molar-refractivity contribution in [3.05, 3.63) is 16.4 Å². The summed E-state index contributed by atoms with van der Waals surface area (Å²) in [5.74, 6) is 0.746. The summed E-state index contributed by atoms with van der Waals surface area (Å²) >= 11 is 6.33. The maximum absolute atomic E-state index is 11.7. The van der Waals surface area contributed by atoms with Crippen molar-refractivity contribution in [1.82, 2.24) is 15.1 Å². The van der Waals surface area contributed by atoms with Crippen molar-refractivity contribution in [2.24, 2.45) is 13.0 Å². The molecule has 2 heterocycles. The molecule has 0 amide bonds. The second-order valence-corrected chi connectivity index (χ2v) is 8.50. The molecule has 0 saturated carbocycles. The van der Waals surface area contributed by atoms with Crippen molar-refractivity contribution in [1.29, 1.82) is 0 Å². The van der Waals surface area contributed by atoms with E-state index in [9.17, 15) is 8.42 Å². The normalized spacial score (nSPS) is 22.6. The molecule has 21 heavy (non-hydrogen) atoms. The molecule has 0 aliphatic carbocycles. The van der Waals surface area contributed by atoms with Gasteiger partial charge in [0, 0.05) is 19.5 Å². The van der Waals surface area contributed by atoms with Gasteiger partial charge in [0.1, 0.15) is 0 Å². The number of sulfone groups is 1. The third-order valence-electron chi connectivity index (χ3n) is 4.17. The molecular formula is C14H24ClN3O2S. The van der Waals surface area contributed by atoms with Crippen LogP contribution in [0.25, 0.3) is 0 Å². The average Bonchev–Trinajstić information content (AvgIpc) is 2.88. The number of nitrogens with one attached hydrogen (secondary N) is 1. The molecule has 0 spiro atoms. The molecule has 0 bridgehead atoms. The molecule has 0 aromatic carbocycles. The van der Waals surface area contributed by atoms with Gasteiger partial charge in [-0.2, -0.15) is 5.10 Å². The molecule has 7 heteroatoms. The smallest absolute Gasteiger partial charge is 0.150 e. The monoisotopic (exact) mass is 333 g/mol. The summed E-state index contributed by atoms with van der Waals surface area (Å²) in [5, 5.41) is 8.53. The van der Waals surface area contributed by atoms with Crippen molar-refractivity contribution >= 4 is 21.4 Å². The molecule has 5 nitrogen and oxygen atoms in total. The third kappa shape index (κ3) is 3.99. The highest BCUT2D eigenvalue weighted by Crippen LogP contribution is 2.27. The first-order valence-corrected chi connectivity index (χ1v) is 9.65. The van der Waals surface area contributed by atoms with Crippen molar-refractivity contribution < 1.29 is 8.42 Å². The molecule has 1 aliphatic rings. The van der Waals surface area contributed by atoms with Gasteiger partial charge in [-0.1, -0.05) is 18.5 Å². The number of nitrogens with zero attached hydrogens (tertiary/aromatic N) is 2. The van der Waals surface area contributed by atoms with Gasteiger partial charge in [-0.05, 0) is 32.2 Å². The van der Waals surface area contributed by atoms with Gasteiger partial charge < -0.3 is 5.32 Å². The van der Waals surface area contributed by atoms with E-state index in [0.29, 0.717) is 10.8 Å². The summed E-state index contributed by atoms with van der Waals surface area (Å²) in [6, 6.07) is 0.134. The van der Waals surface area contributed by atoms with Gasteiger partial charge in [-0.15, -0.1) is 0 Å². The van der Waals surface area contributed by atoms with E-state index >= 15 is 0 Å². The van der Waals surface area contributed by atoms with Crippen molar-refractivity contribution in [2.45, 2.75) is 39.2 Å². The highest BCUT2D eigenvalue weighted by atomic mass is 35.5. The number of halogens is 1. The SMILES string of the molecule is CCCNC(Cc1c(Cl)c(C)nn1C)C1CCS(=O)(=O)C1. The van der Waals surface area contributed by atoms with Crippen LogP contribution in [0, 0.1) is 12.8 Å². The number of aromatic nitrogens is 2. The Kier molecular flexibility index (Phi) is 5.33. The summed E-state index contributed by atoms with van der Waals surface area (Å²) in [7, 11) is -0.983. The fourth-order valence-corrected chi connectivity index (χ4v) is 5.10. The summed E-state index contributed by atoms with van der Waals surface area (Å²) in [6.07, 6.45) is 2.47. The molecule has 2 rings (SSSR count). The Morgan fingerprint density at radius 2 is 2.24 bits per heavy atom. The second-order valence-electron chi connectivity index (χ2n) is 5.90. The summed E-state index contributed by atoms with van der Waals surface area (Å²) in [5.41, 5.74) is 1.80. The van der Waals surface area contributed by atoms with E-state index in [1.165, 1.54) is 0 Å². The van der Waals surface area contributed by atoms with E-state index in [4.69, 9.17) is 11.6 Å². The van der Waals surface area contributed by atoms with Crippen molar-refractivity contribution in [2.75, 3.05) is 18.1 Å². The molecular weight excluding hydrogens is 310 g/mol. The van der Waals surface area contributed by atoms with Crippen LogP contribution < -0.4 is 5.32 Å². The van der Waals surface area contributed by atoms with Crippen LogP contribution in [-0.4, -0.2) is 42.3 Å². The first kappa shape index (κ1) is 16.8. The Morgan fingerprint density at radius 3 is 2.71 bits per heavy atom. The number of hydrogen-bond donors (Lipinski definition) is 1. The minimum atomic E-state index is -2.87. The van der Waals surface area contributed by atoms with Crippen molar-refractivity contribution in [3.63, 3.8) is 0 Å². The lowest BCUT2D eigenvalue weighted by molar-refractivity contribution is 0.373. The maximum Gasteiger partial charge on any atom is 0.150 e. The average molecular weight is 334 g/mol. The van der Waals surface area contributed by atoms with Gasteiger partial charge in [0.15, 0.2) is 9.84 Å². The van der Waals surface area contributed by atoms with E-state index in [1.807, 2.05) is 18.7 Å². The molecule has 1 aliphatic heterocycles. The Hall–Kier alpha value is -0.590. The second kappa shape index (κ2) is 6.67. The van der Waals surface area contributed by atoms with Crippen LogP contribution in [0.1, 0.15) is 31.2 Å². The van der Waals surface area contributed by atoms with Gasteiger partial charge >= 0.3 is 0 Å². The highest BCUT2D eigenvalue weighted by Gasteiger charge is 2.34.